The van der Waals surface area contributed by atoms with Crippen molar-refractivity contribution in [3.05, 3.63) is 0 Å². The maximum Gasteiger partial charge on any atom is 0.236 e. The summed E-state index contributed by atoms with van der Waals surface area (Å²) in [5.41, 5.74) is 6.19. The van der Waals surface area contributed by atoms with E-state index in [1.54, 1.807) is 0 Å². The Morgan fingerprint density at radius 2 is 1.80 bits per heavy atom. The number of rotatable bonds is 6. The highest BCUT2D eigenvalue weighted by atomic mass is 16.2. The van der Waals surface area contributed by atoms with Crippen LogP contribution in [0.5, 0.6) is 0 Å². The molecule has 0 radical (unpaired) electrons. The number of carbonyl (C=O) groups is 1. The van der Waals surface area contributed by atoms with Crippen LogP contribution < -0.4 is 5.73 Å². The lowest BCUT2D eigenvalue weighted by atomic mass is 9.94. The molecule has 0 bridgehead atoms. The van der Waals surface area contributed by atoms with Crippen LogP contribution in [0, 0.1) is 0 Å². The number of amides is 1. The van der Waals surface area contributed by atoms with Gasteiger partial charge >= 0.3 is 0 Å². The van der Waals surface area contributed by atoms with Crippen molar-refractivity contribution in [2.24, 2.45) is 5.73 Å². The van der Waals surface area contributed by atoms with Crippen LogP contribution in [0.25, 0.3) is 0 Å². The summed E-state index contributed by atoms with van der Waals surface area (Å²) in [6, 6.07) is 0. The van der Waals surface area contributed by atoms with Crippen molar-refractivity contribution in [2.45, 2.75) is 63.8 Å². The number of hydrogen-bond donors (Lipinski definition) is 1. The fourth-order valence-corrected chi connectivity index (χ4v) is 3.84. The number of nitrogens with zero attached hydrogens (tertiary/aromatic N) is 2. The van der Waals surface area contributed by atoms with Gasteiger partial charge in [-0.15, -0.1) is 0 Å². The third-order valence-corrected chi connectivity index (χ3v) is 5.11. The van der Waals surface area contributed by atoms with Crippen LogP contribution >= 0.6 is 0 Å². The Kier molecular flexibility index (Phi) is 5.85. The van der Waals surface area contributed by atoms with Gasteiger partial charge in [-0.2, -0.15) is 0 Å². The molecule has 116 valence electrons. The summed E-state index contributed by atoms with van der Waals surface area (Å²) in [5.74, 6) is 0.317. The van der Waals surface area contributed by atoms with Gasteiger partial charge in [0.2, 0.25) is 5.91 Å². The molecule has 0 atom stereocenters. The molecule has 1 saturated heterocycles. The zero-order valence-corrected chi connectivity index (χ0v) is 13.1. The second-order valence-corrected chi connectivity index (χ2v) is 6.50. The minimum atomic E-state index is 0.0987. The molecule has 1 saturated carbocycles. The zero-order valence-electron chi connectivity index (χ0n) is 13.1. The van der Waals surface area contributed by atoms with Crippen molar-refractivity contribution in [1.29, 1.82) is 0 Å². The van der Waals surface area contributed by atoms with E-state index < -0.39 is 0 Å². The first-order chi connectivity index (χ1) is 9.72. The quantitative estimate of drug-likeness (QED) is 0.810. The molecular weight excluding hydrogens is 250 g/mol. The van der Waals surface area contributed by atoms with Gasteiger partial charge in [0.05, 0.1) is 6.54 Å². The van der Waals surface area contributed by atoms with Crippen molar-refractivity contribution in [3.63, 3.8) is 0 Å². The third kappa shape index (κ3) is 3.53. The van der Waals surface area contributed by atoms with E-state index in [1.807, 2.05) is 0 Å². The van der Waals surface area contributed by atoms with E-state index in [9.17, 15) is 4.79 Å². The smallest absolute Gasteiger partial charge is 0.236 e. The molecule has 2 N–H and O–H groups in total. The van der Waals surface area contributed by atoms with Gasteiger partial charge in [-0.3, -0.25) is 9.69 Å². The molecule has 1 aliphatic heterocycles. The first-order valence-corrected chi connectivity index (χ1v) is 8.45. The number of piperidine rings is 1. The standard InChI is InChI=1S/C16H31N3O/c1-2-10-19(16(14-17)8-4-5-9-16)13-15(20)18-11-6-3-7-12-18/h2-14,17H2,1H3. The maximum absolute atomic E-state index is 12.5. The molecule has 1 amide bonds. The Balaban J connectivity index is 1.98. The summed E-state index contributed by atoms with van der Waals surface area (Å²) in [7, 11) is 0. The number of nitrogens with two attached hydrogens (primary N) is 1. The van der Waals surface area contributed by atoms with Gasteiger partial charge in [-0.25, -0.2) is 0 Å². The SMILES string of the molecule is CCCN(CC(=O)N1CCCCC1)C1(CN)CCCC1. The van der Waals surface area contributed by atoms with Gasteiger partial charge < -0.3 is 10.6 Å². The average molecular weight is 281 g/mol. The minimum absolute atomic E-state index is 0.0987. The Labute approximate surface area is 123 Å². The second-order valence-electron chi connectivity index (χ2n) is 6.50. The molecule has 0 unspecified atom stereocenters. The Bertz CT molecular complexity index is 307. The monoisotopic (exact) mass is 281 g/mol. The number of hydrogen-bond acceptors (Lipinski definition) is 3. The normalized spacial score (nSPS) is 22.4. The molecule has 20 heavy (non-hydrogen) atoms. The zero-order chi connectivity index (χ0) is 14.4. The van der Waals surface area contributed by atoms with Crippen LogP contribution in [0.4, 0.5) is 0 Å². The van der Waals surface area contributed by atoms with Crippen LogP contribution in [-0.2, 0) is 4.79 Å². The molecule has 1 heterocycles. The summed E-state index contributed by atoms with van der Waals surface area (Å²) < 4.78 is 0. The highest BCUT2D eigenvalue weighted by Crippen LogP contribution is 2.34. The second kappa shape index (κ2) is 7.41. The molecule has 0 aromatic heterocycles. The Morgan fingerprint density at radius 1 is 1.15 bits per heavy atom. The van der Waals surface area contributed by atoms with Crippen LogP contribution in [0.1, 0.15) is 58.3 Å². The van der Waals surface area contributed by atoms with Crippen molar-refractivity contribution in [1.82, 2.24) is 9.80 Å². The number of carbonyl (C=O) groups excluding carboxylic acids is 1. The van der Waals surface area contributed by atoms with Gasteiger partial charge in [0, 0.05) is 25.2 Å². The molecule has 0 aromatic rings. The fraction of sp³-hybridized carbons (Fsp3) is 0.938. The van der Waals surface area contributed by atoms with E-state index in [4.69, 9.17) is 5.73 Å². The lowest BCUT2D eigenvalue weighted by Gasteiger charge is -2.41. The van der Waals surface area contributed by atoms with E-state index >= 15 is 0 Å². The van der Waals surface area contributed by atoms with Crippen LogP contribution in [0.2, 0.25) is 0 Å². The third-order valence-electron chi connectivity index (χ3n) is 5.11. The highest BCUT2D eigenvalue weighted by molar-refractivity contribution is 5.78. The highest BCUT2D eigenvalue weighted by Gasteiger charge is 2.39. The van der Waals surface area contributed by atoms with Gasteiger partial charge in [0.25, 0.3) is 0 Å². The summed E-state index contributed by atoms with van der Waals surface area (Å²) in [6.45, 7) is 6.36. The molecule has 2 fully saturated rings. The maximum atomic E-state index is 12.5. The van der Waals surface area contributed by atoms with E-state index in [2.05, 4.69) is 16.7 Å². The molecule has 4 nitrogen and oxygen atoms in total. The fourth-order valence-electron chi connectivity index (χ4n) is 3.84. The lowest BCUT2D eigenvalue weighted by Crippen LogP contribution is -2.56. The molecule has 2 aliphatic rings. The van der Waals surface area contributed by atoms with Gasteiger partial charge in [-0.1, -0.05) is 19.8 Å². The van der Waals surface area contributed by atoms with Crippen molar-refractivity contribution >= 4 is 5.91 Å². The summed E-state index contributed by atoms with van der Waals surface area (Å²) in [4.78, 5) is 17.0. The molecule has 0 spiro atoms. The minimum Gasteiger partial charge on any atom is -0.342 e. The summed E-state index contributed by atoms with van der Waals surface area (Å²) in [6.07, 6.45) is 9.55. The molecule has 2 rings (SSSR count). The molecule has 4 heteroatoms. The number of likely N-dealkylation sites (tertiary alicyclic amines) is 1. The van der Waals surface area contributed by atoms with Crippen molar-refractivity contribution < 1.29 is 4.79 Å². The van der Waals surface area contributed by atoms with E-state index in [-0.39, 0.29) is 5.54 Å². The Hall–Kier alpha value is -0.610. The molecule has 1 aliphatic carbocycles. The van der Waals surface area contributed by atoms with E-state index in [1.165, 1.54) is 32.1 Å². The van der Waals surface area contributed by atoms with Gasteiger partial charge in [-0.05, 0) is 45.1 Å². The first-order valence-electron chi connectivity index (χ1n) is 8.45. The van der Waals surface area contributed by atoms with Gasteiger partial charge in [0.15, 0.2) is 0 Å². The van der Waals surface area contributed by atoms with Crippen LogP contribution in [0.15, 0.2) is 0 Å². The van der Waals surface area contributed by atoms with Crippen molar-refractivity contribution in [2.75, 3.05) is 32.7 Å². The van der Waals surface area contributed by atoms with Crippen molar-refractivity contribution in [3.8, 4) is 0 Å². The molecular formula is C16H31N3O. The topological polar surface area (TPSA) is 49.6 Å². The summed E-state index contributed by atoms with van der Waals surface area (Å²) in [5, 5.41) is 0. The van der Waals surface area contributed by atoms with Crippen LogP contribution in [0.3, 0.4) is 0 Å². The van der Waals surface area contributed by atoms with Gasteiger partial charge in [0.1, 0.15) is 0 Å². The first kappa shape index (κ1) is 15.8. The van der Waals surface area contributed by atoms with E-state index in [0.717, 1.165) is 38.9 Å². The summed E-state index contributed by atoms with van der Waals surface area (Å²) >= 11 is 0. The average Bonchev–Trinajstić information content (AvgIpc) is 2.98. The van der Waals surface area contributed by atoms with Crippen LogP contribution in [-0.4, -0.2) is 54.0 Å². The molecule has 0 aromatic carbocycles. The Morgan fingerprint density at radius 3 is 2.35 bits per heavy atom. The predicted molar refractivity (Wildman–Crippen MR) is 82.5 cm³/mol. The lowest BCUT2D eigenvalue weighted by molar-refractivity contribution is -0.135. The largest absolute Gasteiger partial charge is 0.342 e. The predicted octanol–water partition coefficient (Wildman–Crippen LogP) is 1.98. The van der Waals surface area contributed by atoms with E-state index in [0.29, 0.717) is 19.0 Å².